The molecule has 2 aromatic rings. The SMILES string of the molecule is O=C(O)c1cccc(C(=O)Nc2cnoc2)c1. The zero-order valence-corrected chi connectivity index (χ0v) is 8.58. The molecular weight excluding hydrogens is 224 g/mol. The summed E-state index contributed by atoms with van der Waals surface area (Å²) < 4.78 is 4.55. The van der Waals surface area contributed by atoms with Gasteiger partial charge >= 0.3 is 5.97 Å². The minimum absolute atomic E-state index is 0.0583. The van der Waals surface area contributed by atoms with E-state index in [1.807, 2.05) is 0 Å². The first-order valence-corrected chi connectivity index (χ1v) is 4.71. The number of hydrogen-bond acceptors (Lipinski definition) is 4. The van der Waals surface area contributed by atoms with Crippen LogP contribution in [0.3, 0.4) is 0 Å². The van der Waals surface area contributed by atoms with E-state index in [1.165, 1.54) is 36.7 Å². The molecule has 1 amide bonds. The highest BCUT2D eigenvalue weighted by Gasteiger charge is 2.10. The number of carboxylic acids is 1. The van der Waals surface area contributed by atoms with Crippen molar-refractivity contribution in [3.8, 4) is 0 Å². The van der Waals surface area contributed by atoms with Crippen LogP contribution in [0, 0.1) is 0 Å². The number of anilines is 1. The molecule has 0 saturated carbocycles. The summed E-state index contributed by atoms with van der Waals surface area (Å²) >= 11 is 0. The van der Waals surface area contributed by atoms with Crippen LogP contribution in [-0.2, 0) is 0 Å². The summed E-state index contributed by atoms with van der Waals surface area (Å²) in [5.41, 5.74) is 0.727. The van der Waals surface area contributed by atoms with Gasteiger partial charge in [-0.05, 0) is 18.2 Å². The summed E-state index contributed by atoms with van der Waals surface area (Å²) in [6.07, 6.45) is 2.62. The summed E-state index contributed by atoms with van der Waals surface area (Å²) in [6.45, 7) is 0. The van der Waals surface area contributed by atoms with Gasteiger partial charge in [-0.25, -0.2) is 4.79 Å². The minimum Gasteiger partial charge on any atom is -0.478 e. The molecule has 6 heteroatoms. The number of carbonyl (C=O) groups excluding carboxylic acids is 1. The van der Waals surface area contributed by atoms with Crippen molar-refractivity contribution < 1.29 is 19.2 Å². The molecule has 0 radical (unpaired) electrons. The zero-order valence-electron chi connectivity index (χ0n) is 8.58. The van der Waals surface area contributed by atoms with E-state index < -0.39 is 11.9 Å². The first-order valence-electron chi connectivity index (χ1n) is 4.71. The second-order valence-electron chi connectivity index (χ2n) is 3.25. The zero-order chi connectivity index (χ0) is 12.3. The molecule has 1 heterocycles. The van der Waals surface area contributed by atoms with Crippen molar-refractivity contribution in [1.29, 1.82) is 0 Å². The molecule has 1 aromatic carbocycles. The van der Waals surface area contributed by atoms with Gasteiger partial charge in [-0.3, -0.25) is 4.79 Å². The second-order valence-corrected chi connectivity index (χ2v) is 3.25. The highest BCUT2D eigenvalue weighted by Crippen LogP contribution is 2.09. The predicted octanol–water partition coefficient (Wildman–Crippen LogP) is 1.63. The smallest absolute Gasteiger partial charge is 0.335 e. The van der Waals surface area contributed by atoms with Crippen LogP contribution >= 0.6 is 0 Å². The average Bonchev–Trinajstić information content (AvgIpc) is 2.82. The Morgan fingerprint density at radius 3 is 2.71 bits per heavy atom. The molecule has 0 bridgehead atoms. The van der Waals surface area contributed by atoms with Gasteiger partial charge in [0.15, 0.2) is 0 Å². The maximum absolute atomic E-state index is 11.7. The number of nitrogens with one attached hydrogen (secondary N) is 1. The number of benzene rings is 1. The Morgan fingerprint density at radius 1 is 1.29 bits per heavy atom. The van der Waals surface area contributed by atoms with Crippen molar-refractivity contribution in [2.24, 2.45) is 0 Å². The highest BCUT2D eigenvalue weighted by molar-refractivity contribution is 6.05. The molecule has 2 rings (SSSR count). The summed E-state index contributed by atoms with van der Waals surface area (Å²) in [7, 11) is 0. The normalized spacial score (nSPS) is 9.88. The molecule has 0 fully saturated rings. The molecule has 0 aliphatic heterocycles. The van der Waals surface area contributed by atoms with Crippen LogP contribution in [0.25, 0.3) is 0 Å². The molecule has 2 N–H and O–H groups in total. The standard InChI is InChI=1S/C11H8N2O4/c14-10(13-9-5-12-17-6-9)7-2-1-3-8(4-7)11(15)16/h1-6H,(H,13,14)(H,15,16). The first kappa shape index (κ1) is 10.9. The third-order valence-electron chi connectivity index (χ3n) is 2.06. The van der Waals surface area contributed by atoms with E-state index in [2.05, 4.69) is 15.0 Å². The molecule has 0 unspecified atom stereocenters. The van der Waals surface area contributed by atoms with E-state index in [-0.39, 0.29) is 11.1 Å². The highest BCUT2D eigenvalue weighted by atomic mass is 16.5. The number of aromatic nitrogens is 1. The third-order valence-corrected chi connectivity index (χ3v) is 2.06. The summed E-state index contributed by atoms with van der Waals surface area (Å²) in [5, 5.41) is 14.7. The molecule has 6 nitrogen and oxygen atoms in total. The Bertz CT molecular complexity index is 548. The Labute approximate surface area is 95.9 Å². The van der Waals surface area contributed by atoms with Crippen LogP contribution in [-0.4, -0.2) is 22.1 Å². The molecule has 0 spiro atoms. The lowest BCUT2D eigenvalue weighted by Crippen LogP contribution is -2.12. The lowest BCUT2D eigenvalue weighted by Gasteiger charge is -2.02. The van der Waals surface area contributed by atoms with Crippen molar-refractivity contribution in [1.82, 2.24) is 5.16 Å². The number of nitrogens with zero attached hydrogens (tertiary/aromatic N) is 1. The van der Waals surface area contributed by atoms with Gasteiger partial charge in [-0.1, -0.05) is 11.2 Å². The quantitative estimate of drug-likeness (QED) is 0.838. The summed E-state index contributed by atoms with van der Waals surface area (Å²) in [5.74, 6) is -1.50. The van der Waals surface area contributed by atoms with Crippen molar-refractivity contribution in [2.45, 2.75) is 0 Å². The van der Waals surface area contributed by atoms with E-state index in [1.54, 1.807) is 0 Å². The lowest BCUT2D eigenvalue weighted by atomic mass is 10.1. The Kier molecular flexibility index (Phi) is 2.87. The van der Waals surface area contributed by atoms with Crippen molar-refractivity contribution in [3.05, 3.63) is 47.9 Å². The number of carbonyl (C=O) groups is 2. The summed E-state index contributed by atoms with van der Waals surface area (Å²) in [6, 6.07) is 5.74. The fourth-order valence-electron chi connectivity index (χ4n) is 1.26. The monoisotopic (exact) mass is 232 g/mol. The first-order chi connectivity index (χ1) is 8.16. The topological polar surface area (TPSA) is 92.4 Å². The maximum Gasteiger partial charge on any atom is 0.335 e. The molecule has 0 saturated heterocycles. The Balaban J connectivity index is 2.19. The minimum atomic E-state index is -1.08. The number of amides is 1. The van der Waals surface area contributed by atoms with E-state index in [9.17, 15) is 9.59 Å². The fraction of sp³-hybridized carbons (Fsp3) is 0. The molecule has 0 atom stereocenters. The number of aromatic carboxylic acids is 1. The van der Waals surface area contributed by atoms with Crippen LogP contribution in [0.4, 0.5) is 5.69 Å². The largest absolute Gasteiger partial charge is 0.478 e. The lowest BCUT2D eigenvalue weighted by molar-refractivity contribution is 0.0697. The van der Waals surface area contributed by atoms with Gasteiger partial charge in [0.2, 0.25) is 0 Å². The van der Waals surface area contributed by atoms with Crippen molar-refractivity contribution in [3.63, 3.8) is 0 Å². The van der Waals surface area contributed by atoms with Crippen LogP contribution in [0.2, 0.25) is 0 Å². The van der Waals surface area contributed by atoms with E-state index in [0.717, 1.165) is 0 Å². The van der Waals surface area contributed by atoms with Gasteiger partial charge in [-0.2, -0.15) is 0 Å². The number of hydrogen-bond donors (Lipinski definition) is 2. The summed E-state index contributed by atoms with van der Waals surface area (Å²) in [4.78, 5) is 22.4. The Hall–Kier alpha value is -2.63. The van der Waals surface area contributed by atoms with Gasteiger partial charge < -0.3 is 14.9 Å². The number of rotatable bonds is 3. The molecule has 0 aliphatic carbocycles. The van der Waals surface area contributed by atoms with Gasteiger partial charge in [0.1, 0.15) is 12.0 Å². The van der Waals surface area contributed by atoms with Crippen LogP contribution in [0.1, 0.15) is 20.7 Å². The molecule has 1 aromatic heterocycles. The Morgan fingerprint density at radius 2 is 2.06 bits per heavy atom. The molecule has 86 valence electrons. The van der Waals surface area contributed by atoms with Gasteiger partial charge in [-0.15, -0.1) is 0 Å². The maximum atomic E-state index is 11.7. The van der Waals surface area contributed by atoms with Crippen LogP contribution in [0.15, 0.2) is 41.2 Å². The fourth-order valence-corrected chi connectivity index (χ4v) is 1.26. The van der Waals surface area contributed by atoms with Crippen LogP contribution < -0.4 is 5.32 Å². The van der Waals surface area contributed by atoms with E-state index in [4.69, 9.17) is 5.11 Å². The predicted molar refractivity (Wildman–Crippen MR) is 57.9 cm³/mol. The average molecular weight is 232 g/mol. The van der Waals surface area contributed by atoms with Crippen LogP contribution in [0.5, 0.6) is 0 Å². The molecular formula is C11H8N2O4. The molecule has 0 aliphatic rings. The number of carboxylic acid groups (broad SMARTS) is 1. The van der Waals surface area contributed by atoms with Gasteiger partial charge in [0, 0.05) is 5.56 Å². The van der Waals surface area contributed by atoms with Gasteiger partial charge in [0.05, 0.1) is 11.8 Å². The molecule has 17 heavy (non-hydrogen) atoms. The second kappa shape index (κ2) is 4.48. The van der Waals surface area contributed by atoms with Crippen molar-refractivity contribution >= 4 is 17.6 Å². The third kappa shape index (κ3) is 2.49. The van der Waals surface area contributed by atoms with Gasteiger partial charge in [0.25, 0.3) is 5.91 Å². The van der Waals surface area contributed by atoms with E-state index in [0.29, 0.717) is 5.69 Å². The van der Waals surface area contributed by atoms with Crippen molar-refractivity contribution in [2.75, 3.05) is 5.32 Å². The van der Waals surface area contributed by atoms with E-state index >= 15 is 0 Å².